The number of alkyl halides is 1. The molecule has 0 nitrogen and oxygen atoms in total. The van der Waals surface area contributed by atoms with Gasteiger partial charge in [0.25, 0.3) is 0 Å². The fourth-order valence-electron chi connectivity index (χ4n) is 0.871. The summed E-state index contributed by atoms with van der Waals surface area (Å²) in [5.74, 6) is 0. The van der Waals surface area contributed by atoms with Gasteiger partial charge in [0, 0.05) is 4.83 Å². The third kappa shape index (κ3) is 2.85. The van der Waals surface area contributed by atoms with E-state index in [1.54, 1.807) is 0 Å². The Morgan fingerprint density at radius 3 is 3.00 bits per heavy atom. The summed E-state index contributed by atoms with van der Waals surface area (Å²) >= 11 is 3.55. The summed E-state index contributed by atoms with van der Waals surface area (Å²) in [6, 6.07) is 0. The van der Waals surface area contributed by atoms with Gasteiger partial charge in [0.05, 0.1) is 0 Å². The Morgan fingerprint density at radius 1 is 1.22 bits per heavy atom. The van der Waals surface area contributed by atoms with E-state index in [-0.39, 0.29) is 0 Å². The summed E-state index contributed by atoms with van der Waals surface area (Å²) in [6.45, 7) is 0. The van der Waals surface area contributed by atoms with Crippen LogP contribution >= 0.6 is 15.9 Å². The maximum absolute atomic E-state index is 3.55. The van der Waals surface area contributed by atoms with Crippen LogP contribution in [0.15, 0.2) is 24.3 Å². The first-order valence-electron chi connectivity index (χ1n) is 3.35. The SMILES string of the molecule is BrC1/C=C\C/C=C\CC1. The molecule has 0 fully saturated rings. The van der Waals surface area contributed by atoms with Gasteiger partial charge in [-0.2, -0.15) is 0 Å². The maximum atomic E-state index is 3.55. The van der Waals surface area contributed by atoms with Crippen LogP contribution in [0.25, 0.3) is 0 Å². The lowest BCUT2D eigenvalue weighted by atomic mass is 10.1. The minimum Gasteiger partial charge on any atom is -0.0882 e. The maximum Gasteiger partial charge on any atom is 0.0328 e. The van der Waals surface area contributed by atoms with Gasteiger partial charge in [0.2, 0.25) is 0 Å². The first-order valence-corrected chi connectivity index (χ1v) is 4.27. The van der Waals surface area contributed by atoms with Crippen LogP contribution in [-0.2, 0) is 0 Å². The Bertz CT molecular complexity index is 125. The van der Waals surface area contributed by atoms with Gasteiger partial charge < -0.3 is 0 Å². The standard InChI is InChI=1S/C8H11Br/c9-8-6-4-2-1-3-5-7-8/h1-2,5,7-8H,3-4,6H2/b2-1-,7-5-. The van der Waals surface area contributed by atoms with E-state index in [1.165, 1.54) is 12.8 Å². The molecule has 1 aliphatic carbocycles. The van der Waals surface area contributed by atoms with Crippen LogP contribution in [0.3, 0.4) is 0 Å². The second kappa shape index (κ2) is 3.89. The van der Waals surface area contributed by atoms with Crippen LogP contribution in [0.5, 0.6) is 0 Å². The number of halogens is 1. The van der Waals surface area contributed by atoms with Crippen LogP contribution in [0, 0.1) is 0 Å². The zero-order valence-corrected chi connectivity index (χ0v) is 6.97. The van der Waals surface area contributed by atoms with E-state index in [0.717, 1.165) is 6.42 Å². The normalized spacial score (nSPS) is 34.6. The molecule has 50 valence electrons. The van der Waals surface area contributed by atoms with E-state index in [9.17, 15) is 0 Å². The van der Waals surface area contributed by atoms with E-state index in [4.69, 9.17) is 0 Å². The Labute approximate surface area is 64.8 Å². The Kier molecular flexibility index (Phi) is 3.05. The molecule has 0 aromatic carbocycles. The van der Waals surface area contributed by atoms with E-state index in [1.807, 2.05) is 0 Å². The zero-order chi connectivity index (χ0) is 6.53. The van der Waals surface area contributed by atoms with Crippen molar-refractivity contribution in [2.45, 2.75) is 24.1 Å². The predicted octanol–water partition coefficient (Wildman–Crippen LogP) is 3.05. The van der Waals surface area contributed by atoms with E-state index in [0.29, 0.717) is 4.83 Å². The molecule has 1 atom stereocenters. The van der Waals surface area contributed by atoms with Crippen LogP contribution < -0.4 is 0 Å². The van der Waals surface area contributed by atoms with Gasteiger partial charge >= 0.3 is 0 Å². The van der Waals surface area contributed by atoms with Gasteiger partial charge in [-0.05, 0) is 19.3 Å². The van der Waals surface area contributed by atoms with Crippen molar-refractivity contribution >= 4 is 15.9 Å². The van der Waals surface area contributed by atoms with Crippen molar-refractivity contribution < 1.29 is 0 Å². The summed E-state index contributed by atoms with van der Waals surface area (Å²) in [7, 11) is 0. The molecule has 0 radical (unpaired) electrons. The first kappa shape index (κ1) is 7.07. The van der Waals surface area contributed by atoms with Crippen LogP contribution in [0.4, 0.5) is 0 Å². The second-order valence-electron chi connectivity index (χ2n) is 2.23. The van der Waals surface area contributed by atoms with Gasteiger partial charge in [-0.3, -0.25) is 0 Å². The largest absolute Gasteiger partial charge is 0.0882 e. The summed E-state index contributed by atoms with van der Waals surface area (Å²) in [5, 5.41) is 0. The number of rotatable bonds is 0. The highest BCUT2D eigenvalue weighted by molar-refractivity contribution is 9.09. The average molecular weight is 187 g/mol. The van der Waals surface area contributed by atoms with Crippen molar-refractivity contribution in [3.05, 3.63) is 24.3 Å². The van der Waals surface area contributed by atoms with Crippen molar-refractivity contribution in [2.75, 3.05) is 0 Å². The fourth-order valence-corrected chi connectivity index (χ4v) is 1.35. The number of allylic oxidation sites excluding steroid dienone is 4. The lowest BCUT2D eigenvalue weighted by molar-refractivity contribution is 0.881. The van der Waals surface area contributed by atoms with Crippen LogP contribution in [0.2, 0.25) is 0 Å². The lowest BCUT2D eigenvalue weighted by Gasteiger charge is -2.02. The van der Waals surface area contributed by atoms with E-state index >= 15 is 0 Å². The highest BCUT2D eigenvalue weighted by atomic mass is 79.9. The van der Waals surface area contributed by atoms with Crippen LogP contribution in [0.1, 0.15) is 19.3 Å². The summed E-state index contributed by atoms with van der Waals surface area (Å²) < 4.78 is 0. The second-order valence-corrected chi connectivity index (χ2v) is 3.40. The number of hydrogen-bond donors (Lipinski definition) is 0. The molecular formula is C8H11Br. The van der Waals surface area contributed by atoms with Crippen molar-refractivity contribution in [3.8, 4) is 0 Å². The predicted molar refractivity (Wildman–Crippen MR) is 44.8 cm³/mol. The van der Waals surface area contributed by atoms with Gasteiger partial charge in [-0.25, -0.2) is 0 Å². The summed E-state index contributed by atoms with van der Waals surface area (Å²) in [4.78, 5) is 0.599. The van der Waals surface area contributed by atoms with Crippen LogP contribution in [-0.4, -0.2) is 4.83 Å². The van der Waals surface area contributed by atoms with Crippen molar-refractivity contribution in [1.29, 1.82) is 0 Å². The molecule has 0 aliphatic heterocycles. The monoisotopic (exact) mass is 186 g/mol. The molecule has 0 saturated carbocycles. The quantitative estimate of drug-likeness (QED) is 0.404. The Morgan fingerprint density at radius 2 is 2.11 bits per heavy atom. The number of hydrogen-bond acceptors (Lipinski definition) is 0. The van der Waals surface area contributed by atoms with Crippen molar-refractivity contribution in [1.82, 2.24) is 0 Å². The Hall–Kier alpha value is -0.0400. The van der Waals surface area contributed by atoms with Crippen molar-refractivity contribution in [3.63, 3.8) is 0 Å². The summed E-state index contributed by atoms with van der Waals surface area (Å²) in [6.07, 6.45) is 12.4. The molecular weight excluding hydrogens is 176 g/mol. The van der Waals surface area contributed by atoms with E-state index < -0.39 is 0 Å². The molecule has 1 heteroatoms. The molecule has 1 unspecified atom stereocenters. The third-order valence-corrected chi connectivity index (χ3v) is 2.16. The summed E-state index contributed by atoms with van der Waals surface area (Å²) in [5.41, 5.74) is 0. The molecule has 0 amide bonds. The smallest absolute Gasteiger partial charge is 0.0328 e. The molecule has 1 aliphatic rings. The zero-order valence-electron chi connectivity index (χ0n) is 5.39. The average Bonchev–Trinajstić information content (AvgIpc) is 1.79. The van der Waals surface area contributed by atoms with Gasteiger partial charge in [0.15, 0.2) is 0 Å². The Balaban J connectivity index is 2.40. The first-order chi connectivity index (χ1) is 4.39. The molecule has 0 heterocycles. The molecule has 1 rings (SSSR count). The van der Waals surface area contributed by atoms with Crippen molar-refractivity contribution in [2.24, 2.45) is 0 Å². The highest BCUT2D eigenvalue weighted by Crippen LogP contribution is 2.12. The minimum atomic E-state index is 0.599. The van der Waals surface area contributed by atoms with Gasteiger partial charge in [-0.15, -0.1) is 0 Å². The molecule has 0 spiro atoms. The van der Waals surface area contributed by atoms with Gasteiger partial charge in [-0.1, -0.05) is 40.2 Å². The molecule has 0 aromatic rings. The fraction of sp³-hybridized carbons (Fsp3) is 0.500. The third-order valence-electron chi connectivity index (χ3n) is 1.39. The topological polar surface area (TPSA) is 0 Å². The molecule has 0 aromatic heterocycles. The molecule has 0 bridgehead atoms. The molecule has 0 saturated heterocycles. The van der Waals surface area contributed by atoms with E-state index in [2.05, 4.69) is 40.2 Å². The lowest BCUT2D eigenvalue weighted by Crippen LogP contribution is -1.91. The molecule has 9 heavy (non-hydrogen) atoms. The molecule has 0 N–H and O–H groups in total. The minimum absolute atomic E-state index is 0.599. The highest BCUT2D eigenvalue weighted by Gasteiger charge is 1.96. The van der Waals surface area contributed by atoms with Gasteiger partial charge in [0.1, 0.15) is 0 Å².